The molecule has 116 valence electrons. The molecule has 0 aliphatic carbocycles. The molecule has 5 nitrogen and oxygen atoms in total. The van der Waals surface area contributed by atoms with Crippen LogP contribution in [-0.4, -0.2) is 28.9 Å². The molecule has 0 aliphatic heterocycles. The minimum atomic E-state index is 0.469. The van der Waals surface area contributed by atoms with Crippen LogP contribution >= 0.6 is 22.7 Å². The normalized spacial score (nSPS) is 13.5. The van der Waals surface area contributed by atoms with Crippen molar-refractivity contribution < 1.29 is 0 Å². The highest BCUT2D eigenvalue weighted by molar-refractivity contribution is 7.15. The van der Waals surface area contributed by atoms with Crippen molar-refractivity contribution in [2.24, 2.45) is 4.99 Å². The fraction of sp³-hybridized carbons (Fsp3) is 0.333. The smallest absolute Gasteiger partial charge is 0.193 e. The lowest BCUT2D eigenvalue weighted by Gasteiger charge is -2.14. The summed E-state index contributed by atoms with van der Waals surface area (Å²) in [5.74, 6) is 1.27. The maximum absolute atomic E-state index is 4.55. The van der Waals surface area contributed by atoms with E-state index in [-0.39, 0.29) is 0 Å². The van der Waals surface area contributed by atoms with Gasteiger partial charge in [-0.3, -0.25) is 9.39 Å². The number of aromatic nitrogens is 2. The summed E-state index contributed by atoms with van der Waals surface area (Å²) in [6, 6.07) is 4.26. The van der Waals surface area contributed by atoms with Crippen LogP contribution in [-0.2, 0) is 6.54 Å². The van der Waals surface area contributed by atoms with E-state index >= 15 is 0 Å². The number of aliphatic imine (C=N–C) groups is 1. The summed E-state index contributed by atoms with van der Waals surface area (Å²) in [6.45, 7) is 3.75. The molecule has 0 saturated carbocycles. The van der Waals surface area contributed by atoms with E-state index < -0.39 is 0 Å². The van der Waals surface area contributed by atoms with E-state index in [1.165, 1.54) is 4.88 Å². The van der Waals surface area contributed by atoms with Gasteiger partial charge in [0.15, 0.2) is 10.9 Å². The second kappa shape index (κ2) is 6.93. The van der Waals surface area contributed by atoms with E-state index in [0.29, 0.717) is 12.5 Å². The highest BCUT2D eigenvalue weighted by Crippen LogP contribution is 2.19. The predicted octanol–water partition coefficient (Wildman–Crippen LogP) is 2.93. The minimum absolute atomic E-state index is 0.469. The summed E-state index contributed by atoms with van der Waals surface area (Å²) in [7, 11) is 1.79. The highest BCUT2D eigenvalue weighted by atomic mass is 32.1. The molecule has 3 rings (SSSR count). The van der Waals surface area contributed by atoms with Gasteiger partial charge in [-0.1, -0.05) is 13.0 Å². The molecular formula is C15H19N5S2. The van der Waals surface area contributed by atoms with Crippen LogP contribution < -0.4 is 10.6 Å². The third-order valence-corrected chi connectivity index (χ3v) is 5.28. The van der Waals surface area contributed by atoms with Crippen LogP contribution in [0.1, 0.15) is 23.4 Å². The molecule has 0 amide bonds. The van der Waals surface area contributed by atoms with Gasteiger partial charge in [-0.25, -0.2) is 4.98 Å². The fourth-order valence-corrected chi connectivity index (χ4v) is 3.68. The second-order valence-corrected chi connectivity index (χ2v) is 6.90. The number of thiophene rings is 1. The zero-order valence-corrected chi connectivity index (χ0v) is 14.2. The van der Waals surface area contributed by atoms with Crippen molar-refractivity contribution in [2.45, 2.75) is 19.4 Å². The zero-order chi connectivity index (χ0) is 15.4. The SMILES string of the molecule is CN=C(NCc1cn2ccsc2n1)NCC(C)c1cccs1. The average Bonchev–Trinajstić information content (AvgIpc) is 3.23. The van der Waals surface area contributed by atoms with Crippen molar-refractivity contribution in [2.75, 3.05) is 13.6 Å². The predicted molar refractivity (Wildman–Crippen MR) is 94.0 cm³/mol. The highest BCUT2D eigenvalue weighted by Gasteiger charge is 2.08. The van der Waals surface area contributed by atoms with Gasteiger partial charge in [-0.2, -0.15) is 0 Å². The Labute approximate surface area is 137 Å². The molecule has 3 aromatic rings. The lowest BCUT2D eigenvalue weighted by atomic mass is 10.1. The van der Waals surface area contributed by atoms with Crippen molar-refractivity contribution in [1.82, 2.24) is 20.0 Å². The van der Waals surface area contributed by atoms with E-state index in [2.05, 4.69) is 45.0 Å². The Kier molecular flexibility index (Phi) is 4.74. The van der Waals surface area contributed by atoms with Crippen molar-refractivity contribution in [1.29, 1.82) is 0 Å². The summed E-state index contributed by atoms with van der Waals surface area (Å²) in [4.78, 5) is 11.2. The Morgan fingerprint density at radius 2 is 2.27 bits per heavy atom. The summed E-state index contributed by atoms with van der Waals surface area (Å²) >= 11 is 3.43. The van der Waals surface area contributed by atoms with Gasteiger partial charge in [0.05, 0.1) is 12.2 Å². The van der Waals surface area contributed by atoms with E-state index in [0.717, 1.165) is 23.2 Å². The zero-order valence-electron chi connectivity index (χ0n) is 12.6. The van der Waals surface area contributed by atoms with E-state index in [9.17, 15) is 0 Å². The third-order valence-electron chi connectivity index (χ3n) is 3.41. The van der Waals surface area contributed by atoms with E-state index in [1.807, 2.05) is 22.2 Å². The molecule has 3 heterocycles. The average molecular weight is 333 g/mol. The van der Waals surface area contributed by atoms with Gasteiger partial charge in [-0.05, 0) is 11.4 Å². The van der Waals surface area contributed by atoms with Gasteiger partial charge in [0.1, 0.15) is 0 Å². The van der Waals surface area contributed by atoms with Crippen LogP contribution in [0, 0.1) is 0 Å². The van der Waals surface area contributed by atoms with Crippen LogP contribution in [0.15, 0.2) is 40.3 Å². The topological polar surface area (TPSA) is 53.7 Å². The standard InChI is InChI=1S/C15H19N5S2/c1-11(13-4-3-6-21-13)8-17-14(16-2)18-9-12-10-20-5-7-22-15(20)19-12/h3-7,10-11H,8-9H2,1-2H3,(H2,16,17,18). The van der Waals surface area contributed by atoms with Gasteiger partial charge in [-0.15, -0.1) is 22.7 Å². The molecule has 0 saturated heterocycles. The number of hydrogen-bond donors (Lipinski definition) is 2. The molecule has 1 unspecified atom stereocenters. The monoisotopic (exact) mass is 333 g/mol. The molecule has 3 aromatic heterocycles. The Morgan fingerprint density at radius 3 is 3.00 bits per heavy atom. The molecule has 0 aromatic carbocycles. The van der Waals surface area contributed by atoms with E-state index in [1.54, 1.807) is 29.7 Å². The molecule has 0 radical (unpaired) electrons. The maximum atomic E-state index is 4.55. The van der Waals surface area contributed by atoms with Crippen molar-refractivity contribution in [3.63, 3.8) is 0 Å². The first kappa shape index (κ1) is 15.1. The summed E-state index contributed by atoms with van der Waals surface area (Å²) < 4.78 is 2.04. The molecule has 0 bridgehead atoms. The molecular weight excluding hydrogens is 314 g/mol. The number of nitrogens with one attached hydrogen (secondary N) is 2. The van der Waals surface area contributed by atoms with Gasteiger partial charge in [0.25, 0.3) is 0 Å². The Hall–Kier alpha value is -1.86. The number of thiazole rings is 1. The third kappa shape index (κ3) is 3.48. The Bertz CT molecular complexity index is 713. The molecule has 22 heavy (non-hydrogen) atoms. The number of guanidine groups is 1. The largest absolute Gasteiger partial charge is 0.356 e. The Morgan fingerprint density at radius 1 is 1.36 bits per heavy atom. The van der Waals surface area contributed by atoms with Gasteiger partial charge >= 0.3 is 0 Å². The van der Waals surface area contributed by atoms with Crippen LogP contribution in [0.5, 0.6) is 0 Å². The molecule has 1 atom stereocenters. The molecule has 0 spiro atoms. The molecule has 0 aliphatic rings. The van der Waals surface area contributed by atoms with Crippen molar-refractivity contribution in [3.8, 4) is 0 Å². The van der Waals surface area contributed by atoms with Crippen molar-refractivity contribution >= 4 is 33.6 Å². The van der Waals surface area contributed by atoms with Crippen LogP contribution in [0.2, 0.25) is 0 Å². The number of hydrogen-bond acceptors (Lipinski definition) is 4. The number of fused-ring (bicyclic) bond motifs is 1. The van der Waals surface area contributed by atoms with Crippen LogP contribution in [0.3, 0.4) is 0 Å². The molecule has 0 fully saturated rings. The van der Waals surface area contributed by atoms with Gasteiger partial charge in [0, 0.05) is 42.2 Å². The van der Waals surface area contributed by atoms with Crippen LogP contribution in [0.25, 0.3) is 4.96 Å². The number of imidazole rings is 1. The lowest BCUT2D eigenvalue weighted by molar-refractivity contribution is 0.706. The van der Waals surface area contributed by atoms with Crippen LogP contribution in [0.4, 0.5) is 0 Å². The summed E-state index contributed by atoms with van der Waals surface area (Å²) in [5, 5.41) is 10.8. The first-order valence-electron chi connectivity index (χ1n) is 7.15. The first-order valence-corrected chi connectivity index (χ1v) is 8.91. The summed E-state index contributed by atoms with van der Waals surface area (Å²) in [6.07, 6.45) is 4.06. The lowest BCUT2D eigenvalue weighted by Crippen LogP contribution is -2.38. The van der Waals surface area contributed by atoms with Gasteiger partial charge in [0.2, 0.25) is 0 Å². The summed E-state index contributed by atoms with van der Waals surface area (Å²) in [5.41, 5.74) is 1.01. The maximum Gasteiger partial charge on any atom is 0.193 e. The first-order chi connectivity index (χ1) is 10.8. The molecule has 7 heteroatoms. The Balaban J connectivity index is 1.50. The number of rotatable bonds is 5. The fourth-order valence-electron chi connectivity index (χ4n) is 2.18. The second-order valence-electron chi connectivity index (χ2n) is 5.05. The quantitative estimate of drug-likeness (QED) is 0.557. The van der Waals surface area contributed by atoms with Crippen molar-refractivity contribution in [3.05, 3.63) is 45.9 Å². The molecule has 2 N–H and O–H groups in total. The van der Waals surface area contributed by atoms with Gasteiger partial charge < -0.3 is 10.6 Å². The van der Waals surface area contributed by atoms with E-state index in [4.69, 9.17) is 0 Å². The minimum Gasteiger partial charge on any atom is -0.356 e. The number of nitrogens with zero attached hydrogens (tertiary/aromatic N) is 3.